The van der Waals surface area contributed by atoms with Crippen molar-refractivity contribution in [3.05, 3.63) is 23.8 Å². The Morgan fingerprint density at radius 2 is 1.97 bits per heavy atom. The molecule has 160 valence electrons. The fourth-order valence-corrected chi connectivity index (χ4v) is 4.89. The Bertz CT molecular complexity index is 901. The van der Waals surface area contributed by atoms with E-state index in [2.05, 4.69) is 26.1 Å². The number of hydrogen-bond acceptors (Lipinski definition) is 8. The molecule has 2 heterocycles. The summed E-state index contributed by atoms with van der Waals surface area (Å²) in [7, 11) is 0. The smallest absolute Gasteiger partial charge is 0.321 e. The van der Waals surface area contributed by atoms with Crippen LogP contribution in [0.3, 0.4) is 0 Å². The molecular weight excluding hydrogens is 426 g/mol. The number of carbonyl (C=O) groups excluding carboxylic acids is 2. The van der Waals surface area contributed by atoms with Crippen LogP contribution in [0.4, 0.5) is 9.93 Å². The monoisotopic (exact) mass is 449 g/mol. The number of carbonyl (C=O) groups is 2. The summed E-state index contributed by atoms with van der Waals surface area (Å²) in [6.45, 7) is 0.628. The van der Waals surface area contributed by atoms with Crippen LogP contribution in [0.2, 0.25) is 0 Å². The highest BCUT2D eigenvalue weighted by molar-refractivity contribution is 8.01. The van der Waals surface area contributed by atoms with E-state index in [4.69, 9.17) is 9.47 Å². The first kappa shape index (κ1) is 20.7. The summed E-state index contributed by atoms with van der Waals surface area (Å²) in [5.41, 5.74) is 0.934. The van der Waals surface area contributed by atoms with Crippen LogP contribution in [0, 0.1) is 0 Å². The van der Waals surface area contributed by atoms with Gasteiger partial charge in [-0.1, -0.05) is 48.4 Å². The van der Waals surface area contributed by atoms with Gasteiger partial charge in [-0.3, -0.25) is 10.1 Å². The molecule has 1 aromatic carbocycles. The van der Waals surface area contributed by atoms with E-state index in [1.165, 1.54) is 29.5 Å². The van der Waals surface area contributed by atoms with Crippen molar-refractivity contribution in [2.24, 2.45) is 0 Å². The molecule has 1 fully saturated rings. The molecule has 4 rings (SSSR count). The van der Waals surface area contributed by atoms with Crippen LogP contribution in [-0.2, 0) is 11.3 Å². The number of thioether (sulfide) groups is 1. The number of urea groups is 1. The third kappa shape index (κ3) is 5.76. The van der Waals surface area contributed by atoms with E-state index < -0.39 is 0 Å². The average molecular weight is 450 g/mol. The Labute approximate surface area is 182 Å². The summed E-state index contributed by atoms with van der Waals surface area (Å²) in [6, 6.07) is 5.56. The van der Waals surface area contributed by atoms with Crippen molar-refractivity contribution in [2.75, 3.05) is 17.9 Å². The van der Waals surface area contributed by atoms with Gasteiger partial charge in [0.1, 0.15) is 0 Å². The minimum atomic E-state index is -0.254. The maximum Gasteiger partial charge on any atom is 0.321 e. The summed E-state index contributed by atoms with van der Waals surface area (Å²) < 4.78 is 11.2. The van der Waals surface area contributed by atoms with Gasteiger partial charge in [-0.15, -0.1) is 10.2 Å². The first-order valence-electron chi connectivity index (χ1n) is 9.85. The van der Waals surface area contributed by atoms with E-state index in [0.29, 0.717) is 27.5 Å². The molecule has 2 aliphatic rings. The van der Waals surface area contributed by atoms with Crippen molar-refractivity contribution in [2.45, 2.75) is 49.0 Å². The standard InChI is InChI=1S/C19H23N5O4S2/c25-16(20-9-12-6-7-14-15(8-12)28-11-27-14)10-29-19-24-23-18(30-19)22-17(26)21-13-4-2-1-3-5-13/h6-8,13H,1-5,9-11H2,(H,20,25)(H2,21,22,23,26). The molecule has 1 saturated carbocycles. The van der Waals surface area contributed by atoms with Gasteiger partial charge in [0.2, 0.25) is 17.8 Å². The van der Waals surface area contributed by atoms with Crippen molar-refractivity contribution in [1.29, 1.82) is 0 Å². The Morgan fingerprint density at radius 3 is 2.83 bits per heavy atom. The molecule has 11 heteroatoms. The molecule has 0 spiro atoms. The number of amides is 3. The van der Waals surface area contributed by atoms with Crippen LogP contribution < -0.4 is 25.4 Å². The van der Waals surface area contributed by atoms with Gasteiger partial charge in [0.05, 0.1) is 5.75 Å². The van der Waals surface area contributed by atoms with Crippen LogP contribution >= 0.6 is 23.1 Å². The van der Waals surface area contributed by atoms with Crippen LogP contribution in [0.1, 0.15) is 37.7 Å². The fraction of sp³-hybridized carbons (Fsp3) is 0.474. The summed E-state index contributed by atoms with van der Waals surface area (Å²) in [5, 5.41) is 17.0. The topological polar surface area (TPSA) is 114 Å². The van der Waals surface area contributed by atoms with Crippen LogP contribution in [0.25, 0.3) is 0 Å². The summed E-state index contributed by atoms with van der Waals surface area (Å²) >= 11 is 2.54. The number of nitrogens with one attached hydrogen (secondary N) is 3. The predicted octanol–water partition coefficient (Wildman–Crippen LogP) is 3.13. The van der Waals surface area contributed by atoms with E-state index in [1.54, 1.807) is 0 Å². The number of ether oxygens (including phenoxy) is 2. The number of aromatic nitrogens is 2. The second kappa shape index (κ2) is 9.98. The molecule has 2 aromatic rings. The Morgan fingerprint density at radius 1 is 1.13 bits per heavy atom. The largest absolute Gasteiger partial charge is 0.454 e. The van der Waals surface area contributed by atoms with Gasteiger partial charge >= 0.3 is 6.03 Å². The van der Waals surface area contributed by atoms with Crippen molar-refractivity contribution >= 4 is 40.2 Å². The molecule has 1 aromatic heterocycles. The lowest BCUT2D eigenvalue weighted by atomic mass is 9.96. The number of hydrogen-bond donors (Lipinski definition) is 3. The molecule has 0 radical (unpaired) electrons. The SMILES string of the molecule is O=C(CSc1nnc(NC(=O)NC2CCCCC2)s1)NCc1ccc2c(c1)OCO2. The van der Waals surface area contributed by atoms with Gasteiger partial charge in [0.25, 0.3) is 0 Å². The molecule has 1 aliphatic heterocycles. The van der Waals surface area contributed by atoms with Crippen molar-refractivity contribution < 1.29 is 19.1 Å². The summed E-state index contributed by atoms with van der Waals surface area (Å²) in [4.78, 5) is 24.2. The second-order valence-corrected chi connectivity index (χ2v) is 9.26. The molecule has 0 saturated heterocycles. The van der Waals surface area contributed by atoms with Crippen molar-refractivity contribution in [1.82, 2.24) is 20.8 Å². The average Bonchev–Trinajstić information content (AvgIpc) is 3.40. The van der Waals surface area contributed by atoms with Gasteiger partial charge in [-0.25, -0.2) is 4.79 Å². The normalized spacial score (nSPS) is 15.6. The number of anilines is 1. The van der Waals surface area contributed by atoms with Crippen LogP contribution in [0.5, 0.6) is 11.5 Å². The van der Waals surface area contributed by atoms with Gasteiger partial charge in [0.15, 0.2) is 15.8 Å². The van der Waals surface area contributed by atoms with E-state index in [-0.39, 0.29) is 30.5 Å². The molecule has 0 bridgehead atoms. The molecule has 9 nitrogen and oxygen atoms in total. The molecule has 3 N–H and O–H groups in total. The summed E-state index contributed by atoms with van der Waals surface area (Å²) in [5.74, 6) is 1.51. The second-order valence-electron chi connectivity index (χ2n) is 7.06. The molecule has 30 heavy (non-hydrogen) atoms. The molecule has 3 amide bonds. The zero-order valence-corrected chi connectivity index (χ0v) is 17.9. The highest BCUT2D eigenvalue weighted by Gasteiger charge is 2.17. The number of fused-ring (bicyclic) bond motifs is 1. The van der Waals surface area contributed by atoms with Crippen molar-refractivity contribution in [3.63, 3.8) is 0 Å². The van der Waals surface area contributed by atoms with Crippen molar-refractivity contribution in [3.8, 4) is 11.5 Å². The number of nitrogens with zero attached hydrogens (tertiary/aromatic N) is 2. The first-order chi connectivity index (χ1) is 14.7. The molecule has 1 aliphatic carbocycles. The van der Waals surface area contributed by atoms with Crippen LogP contribution in [0.15, 0.2) is 22.5 Å². The third-order valence-corrected chi connectivity index (χ3v) is 6.79. The third-order valence-electron chi connectivity index (χ3n) is 4.82. The fourth-order valence-electron chi connectivity index (χ4n) is 3.31. The number of rotatable bonds is 7. The Kier molecular flexibility index (Phi) is 6.90. The maximum atomic E-state index is 12.1. The highest BCUT2D eigenvalue weighted by atomic mass is 32.2. The quantitative estimate of drug-likeness (QED) is 0.439. The molecule has 0 atom stereocenters. The Balaban J connectivity index is 1.17. The minimum Gasteiger partial charge on any atom is -0.454 e. The lowest BCUT2D eigenvalue weighted by Gasteiger charge is -2.22. The highest BCUT2D eigenvalue weighted by Crippen LogP contribution is 2.32. The zero-order chi connectivity index (χ0) is 20.8. The predicted molar refractivity (Wildman–Crippen MR) is 114 cm³/mol. The maximum absolute atomic E-state index is 12.1. The Hall–Kier alpha value is -2.53. The minimum absolute atomic E-state index is 0.114. The van der Waals surface area contributed by atoms with Crippen LogP contribution in [-0.4, -0.2) is 40.7 Å². The number of benzene rings is 1. The van der Waals surface area contributed by atoms with Gasteiger partial charge in [-0.05, 0) is 30.5 Å². The van der Waals surface area contributed by atoms with Gasteiger partial charge < -0.3 is 20.1 Å². The summed E-state index contributed by atoms with van der Waals surface area (Å²) in [6.07, 6.45) is 5.58. The van der Waals surface area contributed by atoms with E-state index in [1.807, 2.05) is 18.2 Å². The van der Waals surface area contributed by atoms with E-state index >= 15 is 0 Å². The first-order valence-corrected chi connectivity index (χ1v) is 11.6. The lowest BCUT2D eigenvalue weighted by Crippen LogP contribution is -2.38. The lowest BCUT2D eigenvalue weighted by molar-refractivity contribution is -0.118. The molecular formula is C19H23N5O4S2. The van der Waals surface area contributed by atoms with E-state index in [9.17, 15) is 9.59 Å². The van der Waals surface area contributed by atoms with E-state index in [0.717, 1.165) is 31.2 Å². The zero-order valence-electron chi connectivity index (χ0n) is 16.3. The van der Waals surface area contributed by atoms with Gasteiger partial charge in [-0.2, -0.15) is 0 Å². The van der Waals surface area contributed by atoms with Gasteiger partial charge in [0, 0.05) is 12.6 Å². The molecule has 0 unspecified atom stereocenters.